The number of hydrogen-bond donors (Lipinski definition) is 2. The fraction of sp³-hybridized carbons (Fsp3) is 0.250. The standard InChI is InChI=1S/C16H16FNO5/c1-2-13-12(7-8-22-13)15(19)18-9-14(16(20)21)23-11-5-3-10(17)4-6-11/h3-8,14H,2,9H2,1H3,(H,18,19)(H,20,21). The van der Waals surface area contributed by atoms with E-state index in [2.05, 4.69) is 5.32 Å². The smallest absolute Gasteiger partial charge is 0.346 e. The number of carbonyl (C=O) groups is 2. The van der Waals surface area contributed by atoms with E-state index >= 15 is 0 Å². The van der Waals surface area contributed by atoms with Crippen molar-refractivity contribution in [1.29, 1.82) is 0 Å². The van der Waals surface area contributed by atoms with Crippen molar-refractivity contribution in [2.45, 2.75) is 19.4 Å². The number of nitrogens with one attached hydrogen (secondary N) is 1. The van der Waals surface area contributed by atoms with Gasteiger partial charge in [0.1, 0.15) is 17.3 Å². The number of furan rings is 1. The van der Waals surface area contributed by atoms with Gasteiger partial charge in [0.05, 0.1) is 18.4 Å². The fourth-order valence-corrected chi connectivity index (χ4v) is 1.95. The van der Waals surface area contributed by atoms with Crippen molar-refractivity contribution >= 4 is 11.9 Å². The van der Waals surface area contributed by atoms with Crippen molar-refractivity contribution in [3.05, 3.63) is 53.7 Å². The van der Waals surface area contributed by atoms with Crippen molar-refractivity contribution in [2.75, 3.05) is 6.54 Å². The molecule has 0 saturated carbocycles. The van der Waals surface area contributed by atoms with Crippen LogP contribution in [0.15, 0.2) is 41.0 Å². The lowest BCUT2D eigenvalue weighted by Crippen LogP contribution is -2.40. The molecule has 2 N–H and O–H groups in total. The molecule has 0 spiro atoms. The van der Waals surface area contributed by atoms with E-state index in [4.69, 9.17) is 14.3 Å². The lowest BCUT2D eigenvalue weighted by molar-refractivity contribution is -0.144. The Morgan fingerprint density at radius 1 is 1.30 bits per heavy atom. The number of benzene rings is 1. The first-order valence-corrected chi connectivity index (χ1v) is 7.01. The van der Waals surface area contributed by atoms with Gasteiger partial charge in [0.25, 0.3) is 5.91 Å². The number of aryl methyl sites for hydroxylation is 1. The van der Waals surface area contributed by atoms with Crippen molar-refractivity contribution < 1.29 is 28.2 Å². The number of halogens is 1. The molecule has 0 bridgehead atoms. The summed E-state index contributed by atoms with van der Waals surface area (Å²) < 4.78 is 23.2. The third-order valence-corrected chi connectivity index (χ3v) is 3.13. The third-order valence-electron chi connectivity index (χ3n) is 3.13. The van der Waals surface area contributed by atoms with Gasteiger partial charge >= 0.3 is 5.97 Å². The van der Waals surface area contributed by atoms with E-state index in [1.807, 2.05) is 6.92 Å². The molecule has 1 unspecified atom stereocenters. The highest BCUT2D eigenvalue weighted by atomic mass is 19.1. The van der Waals surface area contributed by atoms with Crippen LogP contribution in [0.5, 0.6) is 5.75 Å². The molecule has 0 aliphatic rings. The van der Waals surface area contributed by atoms with Crippen LogP contribution in [0.3, 0.4) is 0 Å². The van der Waals surface area contributed by atoms with Gasteiger partial charge in [-0.15, -0.1) is 0 Å². The summed E-state index contributed by atoms with van der Waals surface area (Å²) in [6.45, 7) is 1.60. The number of rotatable bonds is 7. The SMILES string of the molecule is CCc1occc1C(=O)NCC(Oc1ccc(F)cc1)C(=O)O. The van der Waals surface area contributed by atoms with Crippen LogP contribution in [0, 0.1) is 5.82 Å². The minimum absolute atomic E-state index is 0.200. The van der Waals surface area contributed by atoms with Crippen molar-refractivity contribution in [2.24, 2.45) is 0 Å². The molecular formula is C16H16FNO5. The quantitative estimate of drug-likeness (QED) is 0.816. The second kappa shape index (κ2) is 7.44. The molecule has 1 amide bonds. The summed E-state index contributed by atoms with van der Waals surface area (Å²) in [5.41, 5.74) is 0.360. The summed E-state index contributed by atoms with van der Waals surface area (Å²) in [4.78, 5) is 23.3. The van der Waals surface area contributed by atoms with Gasteiger partial charge < -0.3 is 19.6 Å². The Labute approximate surface area is 131 Å². The maximum absolute atomic E-state index is 12.8. The van der Waals surface area contributed by atoms with Gasteiger partial charge in [-0.25, -0.2) is 9.18 Å². The van der Waals surface area contributed by atoms with Crippen LogP contribution in [0.4, 0.5) is 4.39 Å². The predicted molar refractivity (Wildman–Crippen MR) is 78.9 cm³/mol. The van der Waals surface area contributed by atoms with Crippen LogP contribution in [0.25, 0.3) is 0 Å². The molecule has 1 heterocycles. The molecule has 0 aliphatic carbocycles. The summed E-state index contributed by atoms with van der Waals surface area (Å²) in [5.74, 6) is -1.41. The van der Waals surface area contributed by atoms with Crippen LogP contribution in [-0.4, -0.2) is 29.6 Å². The van der Waals surface area contributed by atoms with E-state index in [1.54, 1.807) is 0 Å². The number of hydrogen-bond acceptors (Lipinski definition) is 4. The molecular weight excluding hydrogens is 305 g/mol. The molecule has 7 heteroatoms. The summed E-state index contributed by atoms with van der Waals surface area (Å²) in [5, 5.41) is 11.7. The molecule has 0 saturated heterocycles. The van der Waals surface area contributed by atoms with Crippen LogP contribution < -0.4 is 10.1 Å². The molecule has 6 nitrogen and oxygen atoms in total. The van der Waals surface area contributed by atoms with Gasteiger partial charge in [-0.2, -0.15) is 0 Å². The normalized spacial score (nSPS) is 11.7. The number of ether oxygens (including phenoxy) is 1. The Bertz CT molecular complexity index is 680. The Hall–Kier alpha value is -2.83. The van der Waals surface area contributed by atoms with E-state index in [0.29, 0.717) is 17.7 Å². The highest BCUT2D eigenvalue weighted by molar-refractivity contribution is 5.95. The Morgan fingerprint density at radius 3 is 2.61 bits per heavy atom. The molecule has 1 atom stereocenters. The summed E-state index contributed by atoms with van der Waals surface area (Å²) in [7, 11) is 0. The average molecular weight is 321 g/mol. The lowest BCUT2D eigenvalue weighted by Gasteiger charge is -2.15. The predicted octanol–water partition coefficient (Wildman–Crippen LogP) is 2.24. The number of aliphatic carboxylic acids is 1. The summed E-state index contributed by atoms with van der Waals surface area (Å²) in [6.07, 6.45) is 0.656. The number of carbonyl (C=O) groups excluding carboxylic acids is 1. The number of carboxylic acids is 1. The van der Waals surface area contributed by atoms with Crippen molar-refractivity contribution in [3.63, 3.8) is 0 Å². The van der Waals surface area contributed by atoms with Gasteiger partial charge in [-0.05, 0) is 30.3 Å². The Morgan fingerprint density at radius 2 is 2.00 bits per heavy atom. The minimum atomic E-state index is -1.29. The van der Waals surface area contributed by atoms with Crippen LogP contribution in [0.2, 0.25) is 0 Å². The first-order valence-electron chi connectivity index (χ1n) is 7.01. The molecule has 2 aromatic rings. The summed E-state index contributed by atoms with van der Waals surface area (Å²) in [6, 6.07) is 6.47. The molecule has 0 aliphatic heterocycles. The first-order chi connectivity index (χ1) is 11.0. The van der Waals surface area contributed by atoms with Gasteiger partial charge in [0.15, 0.2) is 0 Å². The maximum atomic E-state index is 12.8. The number of amides is 1. The largest absolute Gasteiger partial charge is 0.478 e. The molecule has 2 rings (SSSR count). The first kappa shape index (κ1) is 16.5. The van der Waals surface area contributed by atoms with Gasteiger partial charge in [-0.3, -0.25) is 4.79 Å². The van der Waals surface area contributed by atoms with Crippen molar-refractivity contribution in [3.8, 4) is 5.75 Å². The average Bonchev–Trinajstić information content (AvgIpc) is 3.01. The zero-order valence-corrected chi connectivity index (χ0v) is 12.4. The second-order valence-electron chi connectivity index (χ2n) is 4.72. The second-order valence-corrected chi connectivity index (χ2v) is 4.72. The van der Waals surface area contributed by atoms with Gasteiger partial charge in [0, 0.05) is 6.42 Å². The molecule has 122 valence electrons. The van der Waals surface area contributed by atoms with Crippen LogP contribution in [0.1, 0.15) is 23.0 Å². The zero-order valence-electron chi connectivity index (χ0n) is 12.4. The zero-order chi connectivity index (χ0) is 16.8. The topological polar surface area (TPSA) is 88.8 Å². The molecule has 0 fully saturated rings. The van der Waals surface area contributed by atoms with Crippen molar-refractivity contribution in [1.82, 2.24) is 5.32 Å². The van der Waals surface area contributed by atoms with Gasteiger partial charge in [0.2, 0.25) is 6.10 Å². The van der Waals surface area contributed by atoms with E-state index in [-0.39, 0.29) is 12.3 Å². The summed E-state index contributed by atoms with van der Waals surface area (Å²) >= 11 is 0. The fourth-order valence-electron chi connectivity index (χ4n) is 1.95. The van der Waals surface area contributed by atoms with Crippen LogP contribution in [-0.2, 0) is 11.2 Å². The Kier molecular flexibility index (Phi) is 5.35. The Balaban J connectivity index is 1.98. The molecule has 1 aromatic carbocycles. The minimum Gasteiger partial charge on any atom is -0.478 e. The molecule has 1 aromatic heterocycles. The molecule has 0 radical (unpaired) electrons. The highest BCUT2D eigenvalue weighted by Crippen LogP contribution is 2.14. The van der Waals surface area contributed by atoms with E-state index < -0.39 is 23.8 Å². The highest BCUT2D eigenvalue weighted by Gasteiger charge is 2.22. The third kappa shape index (κ3) is 4.32. The van der Waals surface area contributed by atoms with E-state index in [1.165, 1.54) is 24.5 Å². The van der Waals surface area contributed by atoms with E-state index in [0.717, 1.165) is 12.1 Å². The monoisotopic (exact) mass is 321 g/mol. The lowest BCUT2D eigenvalue weighted by atomic mass is 10.2. The van der Waals surface area contributed by atoms with Gasteiger partial charge in [-0.1, -0.05) is 6.92 Å². The maximum Gasteiger partial charge on any atom is 0.346 e. The van der Waals surface area contributed by atoms with E-state index in [9.17, 15) is 14.0 Å². The molecule has 23 heavy (non-hydrogen) atoms. The number of carboxylic acid groups (broad SMARTS) is 1. The van der Waals surface area contributed by atoms with Crippen LogP contribution >= 0.6 is 0 Å².